The van der Waals surface area contributed by atoms with Crippen LogP contribution in [0.5, 0.6) is 0 Å². The van der Waals surface area contributed by atoms with Crippen LogP contribution >= 0.6 is 0 Å². The van der Waals surface area contributed by atoms with Gasteiger partial charge in [0.2, 0.25) is 6.43 Å². The average molecular weight is 431 g/mol. The van der Waals surface area contributed by atoms with Crippen molar-refractivity contribution in [3.63, 3.8) is 0 Å². The Morgan fingerprint density at radius 1 is 0.750 bits per heavy atom. The summed E-state index contributed by atoms with van der Waals surface area (Å²) in [5.74, 6) is 0.779. The van der Waals surface area contributed by atoms with E-state index in [4.69, 9.17) is 4.98 Å². The summed E-state index contributed by atoms with van der Waals surface area (Å²) in [4.78, 5) is 4.75. The summed E-state index contributed by atoms with van der Waals surface area (Å²) in [5, 5.41) is 0. The first-order valence-corrected chi connectivity index (χ1v) is 10.9. The number of hydrogen-bond donors (Lipinski definition) is 0. The van der Waals surface area contributed by atoms with Gasteiger partial charge in [0.15, 0.2) is 0 Å². The van der Waals surface area contributed by atoms with Crippen molar-refractivity contribution in [1.29, 1.82) is 0 Å². The Bertz CT molecular complexity index is 1050. The number of halogens is 2. The van der Waals surface area contributed by atoms with Crippen LogP contribution in [0.4, 0.5) is 8.78 Å². The molecule has 0 amide bonds. The molecule has 0 atom stereocenters. The predicted molar refractivity (Wildman–Crippen MR) is 125 cm³/mol. The molecule has 164 valence electrons. The van der Waals surface area contributed by atoms with Gasteiger partial charge in [-0.05, 0) is 23.6 Å². The van der Waals surface area contributed by atoms with Gasteiger partial charge in [-0.25, -0.2) is 13.8 Å². The SMILES string of the molecule is Cc1nc(CC(C)(C)C(F)F)cn1C(c1ccccc1)(c1ccccc1)c1ccccc1. The van der Waals surface area contributed by atoms with Crippen molar-refractivity contribution < 1.29 is 8.78 Å². The molecule has 0 unspecified atom stereocenters. The number of imidazole rings is 1. The summed E-state index contributed by atoms with van der Waals surface area (Å²) in [5.41, 5.74) is 2.07. The zero-order chi connectivity index (χ0) is 22.8. The molecule has 4 heteroatoms. The Morgan fingerprint density at radius 2 is 1.16 bits per heavy atom. The lowest BCUT2D eigenvalue weighted by molar-refractivity contribution is 0.0194. The fourth-order valence-corrected chi connectivity index (χ4v) is 4.46. The molecule has 0 fully saturated rings. The van der Waals surface area contributed by atoms with Crippen molar-refractivity contribution in [2.75, 3.05) is 0 Å². The van der Waals surface area contributed by atoms with Crippen LogP contribution in [-0.2, 0) is 12.0 Å². The maximum Gasteiger partial charge on any atom is 0.244 e. The number of aromatic nitrogens is 2. The van der Waals surface area contributed by atoms with E-state index in [2.05, 4.69) is 41.0 Å². The third-order valence-electron chi connectivity index (χ3n) is 6.10. The second kappa shape index (κ2) is 8.70. The maximum absolute atomic E-state index is 13.6. The van der Waals surface area contributed by atoms with E-state index in [1.165, 1.54) is 0 Å². The third-order valence-corrected chi connectivity index (χ3v) is 6.10. The largest absolute Gasteiger partial charge is 0.316 e. The summed E-state index contributed by atoms with van der Waals surface area (Å²) in [6, 6.07) is 30.9. The van der Waals surface area contributed by atoms with Crippen LogP contribution in [0.3, 0.4) is 0 Å². The first-order valence-electron chi connectivity index (χ1n) is 10.9. The smallest absolute Gasteiger partial charge is 0.244 e. The zero-order valence-corrected chi connectivity index (χ0v) is 18.7. The molecular weight excluding hydrogens is 402 g/mol. The van der Waals surface area contributed by atoms with Crippen molar-refractivity contribution in [1.82, 2.24) is 9.55 Å². The van der Waals surface area contributed by atoms with Gasteiger partial charge in [-0.15, -0.1) is 0 Å². The van der Waals surface area contributed by atoms with Crippen LogP contribution in [0.2, 0.25) is 0 Å². The normalized spacial score (nSPS) is 12.3. The van der Waals surface area contributed by atoms with E-state index in [0.29, 0.717) is 5.69 Å². The Labute approximate surface area is 188 Å². The van der Waals surface area contributed by atoms with Gasteiger partial charge in [0.25, 0.3) is 0 Å². The Hall–Kier alpha value is -3.27. The molecule has 3 aromatic carbocycles. The lowest BCUT2D eigenvalue weighted by Crippen LogP contribution is -2.38. The van der Waals surface area contributed by atoms with Gasteiger partial charge in [0.05, 0.1) is 5.69 Å². The summed E-state index contributed by atoms with van der Waals surface area (Å²) < 4.78 is 29.3. The molecule has 0 aliphatic rings. The van der Waals surface area contributed by atoms with E-state index >= 15 is 0 Å². The minimum Gasteiger partial charge on any atom is -0.316 e. The molecule has 4 rings (SSSR count). The molecule has 1 aromatic heterocycles. The molecule has 0 saturated carbocycles. The van der Waals surface area contributed by atoms with E-state index in [9.17, 15) is 8.78 Å². The van der Waals surface area contributed by atoms with Gasteiger partial charge in [-0.2, -0.15) is 0 Å². The van der Waals surface area contributed by atoms with Crippen LogP contribution in [0, 0.1) is 12.3 Å². The summed E-state index contributed by atoms with van der Waals surface area (Å²) in [6.07, 6.45) is -0.269. The predicted octanol–water partition coefficient (Wildman–Crippen LogP) is 6.87. The number of aryl methyl sites for hydroxylation is 1. The van der Waals surface area contributed by atoms with Gasteiger partial charge < -0.3 is 4.57 Å². The van der Waals surface area contributed by atoms with E-state index in [-0.39, 0.29) is 6.42 Å². The quantitative estimate of drug-likeness (QED) is 0.293. The Morgan fingerprint density at radius 3 is 1.53 bits per heavy atom. The Kier molecular flexibility index (Phi) is 5.96. The van der Waals surface area contributed by atoms with Gasteiger partial charge in [0.1, 0.15) is 11.4 Å². The summed E-state index contributed by atoms with van der Waals surface area (Å²) in [7, 11) is 0. The van der Waals surface area contributed by atoms with Crippen LogP contribution in [-0.4, -0.2) is 16.0 Å². The molecule has 2 nitrogen and oxygen atoms in total. The lowest BCUT2D eigenvalue weighted by atomic mass is 9.76. The topological polar surface area (TPSA) is 17.8 Å². The monoisotopic (exact) mass is 430 g/mol. The molecule has 0 bridgehead atoms. The summed E-state index contributed by atoms with van der Waals surface area (Å²) >= 11 is 0. The number of benzene rings is 3. The van der Waals surface area contributed by atoms with Gasteiger partial charge in [-0.3, -0.25) is 0 Å². The second-order valence-electron chi connectivity index (χ2n) is 8.92. The molecule has 4 aromatic rings. The number of hydrogen-bond acceptors (Lipinski definition) is 1. The minimum atomic E-state index is -2.42. The molecule has 0 aliphatic heterocycles. The molecule has 0 N–H and O–H groups in total. The van der Waals surface area contributed by atoms with E-state index in [1.54, 1.807) is 13.8 Å². The molecule has 1 heterocycles. The van der Waals surface area contributed by atoms with Crippen LogP contribution < -0.4 is 0 Å². The second-order valence-corrected chi connectivity index (χ2v) is 8.92. The summed E-state index contributed by atoms with van der Waals surface area (Å²) in [6.45, 7) is 5.12. The highest BCUT2D eigenvalue weighted by molar-refractivity contribution is 5.51. The number of alkyl halides is 2. The van der Waals surface area contributed by atoms with Crippen molar-refractivity contribution in [3.8, 4) is 0 Å². The van der Waals surface area contributed by atoms with Gasteiger partial charge >= 0.3 is 0 Å². The van der Waals surface area contributed by atoms with Crippen molar-refractivity contribution in [2.24, 2.45) is 5.41 Å². The van der Waals surface area contributed by atoms with Crippen molar-refractivity contribution >= 4 is 0 Å². The number of rotatable bonds is 7. The van der Waals surface area contributed by atoms with E-state index in [0.717, 1.165) is 22.5 Å². The molecule has 0 aliphatic carbocycles. The van der Waals surface area contributed by atoms with Crippen LogP contribution in [0.25, 0.3) is 0 Å². The van der Waals surface area contributed by atoms with Gasteiger partial charge in [0, 0.05) is 18.0 Å². The maximum atomic E-state index is 13.6. The minimum absolute atomic E-state index is 0.201. The molecule has 0 saturated heterocycles. The first-order chi connectivity index (χ1) is 15.4. The average Bonchev–Trinajstić information content (AvgIpc) is 3.16. The highest BCUT2D eigenvalue weighted by Crippen LogP contribution is 2.42. The van der Waals surface area contributed by atoms with Gasteiger partial charge in [-0.1, -0.05) is 105 Å². The molecule has 0 spiro atoms. The van der Waals surface area contributed by atoms with Crippen molar-refractivity contribution in [2.45, 2.75) is 39.2 Å². The molecular formula is C28H28F2N2. The molecule has 0 radical (unpaired) electrons. The van der Waals surface area contributed by atoms with E-state index < -0.39 is 17.4 Å². The zero-order valence-electron chi connectivity index (χ0n) is 18.7. The fourth-order valence-electron chi connectivity index (χ4n) is 4.46. The molecule has 32 heavy (non-hydrogen) atoms. The van der Waals surface area contributed by atoms with Crippen LogP contribution in [0.15, 0.2) is 97.2 Å². The first kappa shape index (κ1) is 21.9. The highest BCUT2D eigenvalue weighted by atomic mass is 19.3. The number of nitrogens with zero attached hydrogens (tertiary/aromatic N) is 2. The van der Waals surface area contributed by atoms with Crippen molar-refractivity contribution in [3.05, 3.63) is 125 Å². The van der Waals surface area contributed by atoms with Crippen LogP contribution in [0.1, 0.15) is 42.1 Å². The standard InChI is InChI=1S/C28H28F2N2/c1-21-31-25(19-27(2,3)26(29)30)20-32(21)28(22-13-7-4-8-14-22,23-15-9-5-10-16-23)24-17-11-6-12-18-24/h4-18,20,26H,19H2,1-3H3. The van der Waals surface area contributed by atoms with E-state index in [1.807, 2.05) is 67.7 Å². The Balaban J connectivity index is 2.02. The third kappa shape index (κ3) is 3.86. The lowest BCUT2D eigenvalue weighted by Gasteiger charge is -2.38. The highest BCUT2D eigenvalue weighted by Gasteiger charge is 2.40. The fraction of sp³-hybridized carbons (Fsp3) is 0.250.